The van der Waals surface area contributed by atoms with E-state index in [2.05, 4.69) is 22.5 Å². The van der Waals surface area contributed by atoms with Crippen molar-refractivity contribution < 1.29 is 9.53 Å². The lowest BCUT2D eigenvalue weighted by molar-refractivity contribution is -0.0718. The van der Waals surface area contributed by atoms with Gasteiger partial charge in [-0.15, -0.1) is 0 Å². The molecular formula is C21H29N3O2. The molecule has 1 aromatic rings. The Kier molecular flexibility index (Phi) is 3.80. The van der Waals surface area contributed by atoms with Crippen LogP contribution in [0.25, 0.3) is 0 Å². The average molecular weight is 355 g/mol. The second-order valence-corrected chi connectivity index (χ2v) is 9.01. The van der Waals surface area contributed by atoms with Crippen LogP contribution in [0.2, 0.25) is 0 Å². The Bertz CT molecular complexity index is 717. The summed E-state index contributed by atoms with van der Waals surface area (Å²) < 4.78 is 5.51. The van der Waals surface area contributed by atoms with Crippen LogP contribution in [0.15, 0.2) is 24.3 Å². The summed E-state index contributed by atoms with van der Waals surface area (Å²) in [5.41, 5.74) is 1.78. The summed E-state index contributed by atoms with van der Waals surface area (Å²) in [5, 5.41) is 7.14. The number of carbonyl (C=O) groups is 1. The van der Waals surface area contributed by atoms with Gasteiger partial charge in [0.25, 0.3) is 5.91 Å². The van der Waals surface area contributed by atoms with Crippen LogP contribution in [0.1, 0.15) is 43.0 Å². The number of benzene rings is 1. The molecule has 4 fully saturated rings. The molecule has 4 atom stereocenters. The number of fused-ring (bicyclic) bond motifs is 3. The van der Waals surface area contributed by atoms with Crippen molar-refractivity contribution in [2.75, 3.05) is 38.2 Å². The van der Waals surface area contributed by atoms with Gasteiger partial charge < -0.3 is 15.4 Å². The smallest absolute Gasteiger partial charge is 0.255 e. The quantitative estimate of drug-likeness (QED) is 0.856. The largest absolute Gasteiger partial charge is 0.379 e. The fourth-order valence-electron chi connectivity index (χ4n) is 5.93. The molecule has 0 unspecified atom stereocenters. The molecule has 2 aliphatic heterocycles. The fourth-order valence-corrected chi connectivity index (χ4v) is 5.93. The minimum absolute atomic E-state index is 0.0835. The van der Waals surface area contributed by atoms with Crippen molar-refractivity contribution in [1.29, 1.82) is 0 Å². The molecule has 2 N–H and O–H groups in total. The predicted molar refractivity (Wildman–Crippen MR) is 101 cm³/mol. The number of nitrogens with one attached hydrogen (secondary N) is 2. The van der Waals surface area contributed by atoms with Gasteiger partial charge in [-0.05, 0) is 49.1 Å². The number of hydrogen-bond acceptors (Lipinski definition) is 4. The third-order valence-corrected chi connectivity index (χ3v) is 7.45. The van der Waals surface area contributed by atoms with Gasteiger partial charge in [0.05, 0.1) is 18.8 Å². The Balaban J connectivity index is 1.39. The fraction of sp³-hybridized carbons (Fsp3) is 0.667. The van der Waals surface area contributed by atoms with Gasteiger partial charge in [0.1, 0.15) is 5.66 Å². The number of hydrogen-bond donors (Lipinski definition) is 2. The number of carbonyl (C=O) groups excluding carboxylic acids is 1. The molecule has 0 aromatic heterocycles. The van der Waals surface area contributed by atoms with Crippen LogP contribution in [0.3, 0.4) is 0 Å². The van der Waals surface area contributed by atoms with Crippen molar-refractivity contribution in [3.8, 4) is 0 Å². The zero-order valence-electron chi connectivity index (χ0n) is 15.6. The molecule has 1 saturated heterocycles. The Morgan fingerprint density at radius 3 is 2.85 bits per heavy atom. The second-order valence-electron chi connectivity index (χ2n) is 9.01. The summed E-state index contributed by atoms with van der Waals surface area (Å²) in [6.45, 7) is 7.48. The summed E-state index contributed by atoms with van der Waals surface area (Å²) in [7, 11) is 0. The van der Waals surface area contributed by atoms with Crippen molar-refractivity contribution in [3.05, 3.63) is 29.8 Å². The van der Waals surface area contributed by atoms with Gasteiger partial charge in [-0.25, -0.2) is 0 Å². The number of rotatable bonds is 2. The van der Waals surface area contributed by atoms with Gasteiger partial charge >= 0.3 is 0 Å². The van der Waals surface area contributed by atoms with E-state index in [1.54, 1.807) is 0 Å². The van der Waals surface area contributed by atoms with Gasteiger partial charge in [0.15, 0.2) is 0 Å². The lowest BCUT2D eigenvalue weighted by Crippen LogP contribution is -2.69. The monoisotopic (exact) mass is 355 g/mol. The van der Waals surface area contributed by atoms with Gasteiger partial charge in [0, 0.05) is 31.2 Å². The number of amides is 1. The van der Waals surface area contributed by atoms with E-state index in [9.17, 15) is 4.79 Å². The first kappa shape index (κ1) is 16.6. The SMILES string of the molecule is C[C@@]12CC[C@@H](C[C@@H]1CN1CCOCC1)[C@@]1(C2)NC(=O)c2ccccc2N1. The van der Waals surface area contributed by atoms with Crippen molar-refractivity contribution in [2.45, 2.75) is 38.3 Å². The van der Waals surface area contributed by atoms with Gasteiger partial charge in [-0.2, -0.15) is 0 Å². The van der Waals surface area contributed by atoms with Crippen molar-refractivity contribution in [1.82, 2.24) is 10.2 Å². The van der Waals surface area contributed by atoms with Crippen LogP contribution in [-0.4, -0.2) is 49.3 Å². The Morgan fingerprint density at radius 1 is 1.23 bits per heavy atom. The normalized spacial score (nSPS) is 39.3. The van der Waals surface area contributed by atoms with Crippen molar-refractivity contribution >= 4 is 11.6 Å². The molecule has 3 saturated carbocycles. The molecule has 6 rings (SSSR count). The van der Waals surface area contributed by atoms with Crippen molar-refractivity contribution in [2.24, 2.45) is 17.3 Å². The third kappa shape index (κ3) is 2.55. The maximum absolute atomic E-state index is 12.8. The topological polar surface area (TPSA) is 53.6 Å². The number of morpholine rings is 1. The van der Waals surface area contributed by atoms with Crippen LogP contribution in [0.4, 0.5) is 5.69 Å². The minimum atomic E-state index is -0.264. The van der Waals surface area contributed by atoms with E-state index in [-0.39, 0.29) is 17.0 Å². The Morgan fingerprint density at radius 2 is 2.04 bits per heavy atom. The molecule has 26 heavy (non-hydrogen) atoms. The first-order chi connectivity index (χ1) is 12.6. The van der Waals surface area contributed by atoms with E-state index >= 15 is 0 Å². The maximum atomic E-state index is 12.8. The number of ether oxygens (including phenoxy) is 1. The molecule has 2 bridgehead atoms. The van der Waals surface area contributed by atoms with Crippen molar-refractivity contribution in [3.63, 3.8) is 0 Å². The molecule has 1 spiro atoms. The first-order valence-electron chi connectivity index (χ1n) is 10.1. The lowest BCUT2D eigenvalue weighted by Gasteiger charge is -2.62. The molecule has 5 aliphatic rings. The van der Waals surface area contributed by atoms with E-state index < -0.39 is 0 Å². The maximum Gasteiger partial charge on any atom is 0.255 e. The second kappa shape index (κ2) is 5.96. The highest BCUT2D eigenvalue weighted by atomic mass is 16.5. The molecule has 1 aromatic carbocycles. The van der Waals surface area contributed by atoms with E-state index in [0.717, 1.165) is 44.0 Å². The Hall–Kier alpha value is -1.59. The van der Waals surface area contributed by atoms with Gasteiger partial charge in [-0.1, -0.05) is 19.1 Å². The molecule has 5 nitrogen and oxygen atoms in total. The zero-order chi connectivity index (χ0) is 17.8. The summed E-state index contributed by atoms with van der Waals surface area (Å²) in [6, 6.07) is 7.91. The summed E-state index contributed by atoms with van der Waals surface area (Å²) in [4.78, 5) is 15.3. The molecule has 3 aliphatic carbocycles. The summed E-state index contributed by atoms with van der Waals surface area (Å²) in [6.07, 6.45) is 4.70. The van der Waals surface area contributed by atoms with Gasteiger partial charge in [0.2, 0.25) is 0 Å². The van der Waals surface area contributed by atoms with Crippen LogP contribution >= 0.6 is 0 Å². The van der Waals surface area contributed by atoms with E-state index in [1.807, 2.05) is 24.3 Å². The first-order valence-corrected chi connectivity index (χ1v) is 10.1. The number of para-hydroxylation sites is 1. The Labute approximate surface area is 155 Å². The van der Waals surface area contributed by atoms with E-state index in [0.29, 0.717) is 11.8 Å². The average Bonchev–Trinajstić information content (AvgIpc) is 2.64. The van der Waals surface area contributed by atoms with Crippen LogP contribution in [0.5, 0.6) is 0 Å². The highest BCUT2D eigenvalue weighted by Crippen LogP contribution is 2.58. The summed E-state index contributed by atoms with van der Waals surface area (Å²) >= 11 is 0. The van der Waals surface area contributed by atoms with E-state index in [4.69, 9.17) is 4.74 Å². The zero-order valence-corrected chi connectivity index (χ0v) is 15.6. The predicted octanol–water partition coefficient (Wildman–Crippen LogP) is 2.70. The highest BCUT2D eigenvalue weighted by molar-refractivity contribution is 6.02. The molecule has 2 heterocycles. The standard InChI is InChI=1S/C21H29N3O2/c1-20-7-6-15(12-16(20)13-24-8-10-26-11-9-24)21(14-20)22-18-5-3-2-4-17(18)19(25)23-21/h2-5,15-16,22H,6-14H2,1H3,(H,23,25)/t15-,16+,20-,21+/m0/s1. The highest BCUT2D eigenvalue weighted by Gasteiger charge is 2.58. The molecule has 1 amide bonds. The molecular weight excluding hydrogens is 326 g/mol. The van der Waals surface area contributed by atoms with Crippen LogP contribution in [-0.2, 0) is 4.74 Å². The van der Waals surface area contributed by atoms with Crippen LogP contribution < -0.4 is 10.6 Å². The van der Waals surface area contributed by atoms with E-state index in [1.165, 1.54) is 25.8 Å². The molecule has 140 valence electrons. The third-order valence-electron chi connectivity index (χ3n) is 7.45. The van der Waals surface area contributed by atoms with Crippen LogP contribution in [0, 0.1) is 17.3 Å². The minimum Gasteiger partial charge on any atom is -0.379 e. The lowest BCUT2D eigenvalue weighted by atomic mass is 9.51. The summed E-state index contributed by atoms with van der Waals surface area (Å²) in [5.74, 6) is 1.30. The molecule has 0 radical (unpaired) electrons. The van der Waals surface area contributed by atoms with Gasteiger partial charge in [-0.3, -0.25) is 9.69 Å². The number of nitrogens with zero attached hydrogens (tertiary/aromatic N) is 1. The molecule has 5 heteroatoms. The number of anilines is 1.